The molecule has 0 aliphatic rings. The second-order valence-corrected chi connectivity index (χ2v) is 7.83. The fourth-order valence-corrected chi connectivity index (χ4v) is 3.98. The van der Waals surface area contributed by atoms with Crippen LogP contribution in [-0.2, 0) is 10.0 Å². The van der Waals surface area contributed by atoms with E-state index in [-0.39, 0.29) is 23.6 Å². The molecule has 0 aliphatic heterocycles. The van der Waals surface area contributed by atoms with Gasteiger partial charge >= 0.3 is 0 Å². The third-order valence-corrected chi connectivity index (χ3v) is 5.78. The average Bonchev–Trinajstić information content (AvgIpc) is 2.67. The van der Waals surface area contributed by atoms with Crippen LogP contribution in [0.4, 0.5) is 4.39 Å². The topological polar surface area (TPSA) is 75.6 Å². The number of aliphatic hydroxyl groups is 1. The van der Waals surface area contributed by atoms with Crippen molar-refractivity contribution < 1.29 is 22.7 Å². The van der Waals surface area contributed by atoms with Gasteiger partial charge in [-0.3, -0.25) is 0 Å². The highest BCUT2D eigenvalue weighted by atomic mass is 32.2. The molecular weight excluding hydrogens is 369 g/mol. The molecule has 0 amide bonds. The van der Waals surface area contributed by atoms with Gasteiger partial charge in [-0.2, -0.15) is 0 Å². The molecule has 0 radical (unpaired) electrons. The lowest BCUT2D eigenvalue weighted by Gasteiger charge is -2.14. The Bertz CT molecular complexity index is 1050. The van der Waals surface area contributed by atoms with Crippen LogP contribution in [0.25, 0.3) is 10.8 Å². The molecule has 5 nitrogen and oxygen atoms in total. The van der Waals surface area contributed by atoms with Crippen molar-refractivity contribution in [1.82, 2.24) is 4.72 Å². The maximum atomic E-state index is 13.7. The zero-order chi connectivity index (χ0) is 19.4. The van der Waals surface area contributed by atoms with E-state index >= 15 is 0 Å². The Morgan fingerprint density at radius 1 is 1.11 bits per heavy atom. The molecule has 0 spiro atoms. The second-order valence-electron chi connectivity index (χ2n) is 6.07. The Morgan fingerprint density at radius 2 is 1.85 bits per heavy atom. The van der Waals surface area contributed by atoms with Crippen molar-refractivity contribution in [2.24, 2.45) is 0 Å². The molecule has 0 fully saturated rings. The van der Waals surface area contributed by atoms with Gasteiger partial charge < -0.3 is 9.84 Å². The van der Waals surface area contributed by atoms with Gasteiger partial charge in [-0.25, -0.2) is 17.5 Å². The number of nitrogens with one attached hydrogen (secondary N) is 1. The number of hydrogen-bond donors (Lipinski definition) is 2. The first-order chi connectivity index (χ1) is 12.9. The second kappa shape index (κ2) is 8.04. The van der Waals surface area contributed by atoms with Crippen molar-refractivity contribution in [2.75, 3.05) is 13.7 Å². The highest BCUT2D eigenvalue weighted by Crippen LogP contribution is 2.26. The average molecular weight is 389 g/mol. The first-order valence-corrected chi connectivity index (χ1v) is 9.89. The SMILES string of the molecule is COc1ccc(S(=O)(=O)NCCC(O)c2cccc3ccccc23)cc1F. The minimum absolute atomic E-state index is 0.0143. The molecule has 2 N–H and O–H groups in total. The highest BCUT2D eigenvalue weighted by Gasteiger charge is 2.18. The summed E-state index contributed by atoms with van der Waals surface area (Å²) in [6.07, 6.45) is -0.641. The number of benzene rings is 3. The van der Waals surface area contributed by atoms with Crippen molar-refractivity contribution in [3.63, 3.8) is 0 Å². The van der Waals surface area contributed by atoms with Gasteiger partial charge in [0.05, 0.1) is 18.1 Å². The number of hydrogen-bond acceptors (Lipinski definition) is 4. The molecule has 0 heterocycles. The first-order valence-electron chi connectivity index (χ1n) is 8.41. The van der Waals surface area contributed by atoms with Gasteiger partial charge in [-0.05, 0) is 41.0 Å². The van der Waals surface area contributed by atoms with E-state index in [0.717, 1.165) is 22.4 Å². The van der Waals surface area contributed by atoms with Crippen molar-refractivity contribution in [1.29, 1.82) is 0 Å². The van der Waals surface area contributed by atoms with E-state index in [0.29, 0.717) is 0 Å². The molecule has 7 heteroatoms. The van der Waals surface area contributed by atoms with Gasteiger partial charge in [0.25, 0.3) is 0 Å². The summed E-state index contributed by atoms with van der Waals surface area (Å²) in [4.78, 5) is -0.194. The van der Waals surface area contributed by atoms with E-state index in [1.165, 1.54) is 19.2 Å². The summed E-state index contributed by atoms with van der Waals surface area (Å²) in [5, 5.41) is 12.4. The van der Waals surface area contributed by atoms with Crippen LogP contribution in [-0.4, -0.2) is 27.2 Å². The monoisotopic (exact) mass is 389 g/mol. The van der Waals surface area contributed by atoms with Crippen LogP contribution in [0.5, 0.6) is 5.75 Å². The Hall–Kier alpha value is -2.48. The summed E-state index contributed by atoms with van der Waals surface area (Å²) >= 11 is 0. The predicted octanol–water partition coefficient (Wildman–Crippen LogP) is 3.39. The molecule has 1 unspecified atom stereocenters. The van der Waals surface area contributed by atoms with Crippen LogP contribution in [0, 0.1) is 5.82 Å². The molecule has 3 aromatic carbocycles. The van der Waals surface area contributed by atoms with E-state index in [2.05, 4.69) is 4.72 Å². The quantitative estimate of drug-likeness (QED) is 0.650. The number of methoxy groups -OCH3 is 1. The van der Waals surface area contributed by atoms with E-state index in [1.54, 1.807) is 0 Å². The molecule has 0 saturated carbocycles. The van der Waals surface area contributed by atoms with Crippen LogP contribution in [0.1, 0.15) is 18.1 Å². The molecule has 0 bridgehead atoms. The van der Waals surface area contributed by atoms with Crippen LogP contribution >= 0.6 is 0 Å². The molecule has 27 heavy (non-hydrogen) atoms. The van der Waals surface area contributed by atoms with Gasteiger partial charge in [0.1, 0.15) is 0 Å². The minimum Gasteiger partial charge on any atom is -0.494 e. The van der Waals surface area contributed by atoms with Crippen molar-refractivity contribution in [3.8, 4) is 5.75 Å². The van der Waals surface area contributed by atoms with Gasteiger partial charge in [-0.1, -0.05) is 42.5 Å². The van der Waals surface area contributed by atoms with Gasteiger partial charge in [0.2, 0.25) is 10.0 Å². The summed E-state index contributed by atoms with van der Waals surface area (Å²) in [5.41, 5.74) is 0.739. The van der Waals surface area contributed by atoms with Crippen molar-refractivity contribution in [2.45, 2.75) is 17.4 Å². The standard InChI is InChI=1S/C20H20FNO4S/c1-26-20-10-9-15(13-18(20)21)27(24,25)22-12-11-19(23)17-8-4-6-14-5-2-3-7-16(14)17/h2-10,13,19,22-23H,11-12H2,1H3. The molecular formula is C20H20FNO4S. The number of rotatable bonds is 7. The summed E-state index contributed by atoms with van der Waals surface area (Å²) in [6.45, 7) is 0.0143. The van der Waals surface area contributed by atoms with Gasteiger partial charge in [-0.15, -0.1) is 0 Å². The molecule has 0 aromatic heterocycles. The van der Waals surface area contributed by atoms with E-state index < -0.39 is 21.9 Å². The summed E-state index contributed by atoms with van der Waals surface area (Å²) in [6, 6.07) is 16.7. The number of sulfonamides is 1. The number of halogens is 1. The predicted molar refractivity (Wildman–Crippen MR) is 102 cm³/mol. The van der Waals surface area contributed by atoms with Crippen LogP contribution in [0.3, 0.4) is 0 Å². The Labute approximate surface area is 157 Å². The third kappa shape index (κ3) is 4.27. The lowest BCUT2D eigenvalue weighted by Crippen LogP contribution is -2.26. The smallest absolute Gasteiger partial charge is 0.240 e. The number of ether oxygens (including phenoxy) is 1. The van der Waals surface area contributed by atoms with Gasteiger partial charge in [0.15, 0.2) is 11.6 Å². The van der Waals surface area contributed by atoms with Crippen molar-refractivity contribution >= 4 is 20.8 Å². The Kier molecular flexibility index (Phi) is 5.74. The molecule has 1 atom stereocenters. The number of fused-ring (bicyclic) bond motifs is 1. The van der Waals surface area contributed by atoms with E-state index in [1.807, 2.05) is 42.5 Å². The molecule has 142 valence electrons. The lowest BCUT2D eigenvalue weighted by molar-refractivity contribution is 0.170. The summed E-state index contributed by atoms with van der Waals surface area (Å²) in [5.74, 6) is -0.781. The van der Waals surface area contributed by atoms with Crippen LogP contribution < -0.4 is 9.46 Å². The zero-order valence-electron chi connectivity index (χ0n) is 14.7. The summed E-state index contributed by atoms with van der Waals surface area (Å²) < 4.78 is 45.6. The minimum atomic E-state index is -3.88. The molecule has 0 aliphatic carbocycles. The number of aliphatic hydroxyl groups excluding tert-OH is 1. The summed E-state index contributed by atoms with van der Waals surface area (Å²) in [7, 11) is -2.58. The van der Waals surface area contributed by atoms with Crippen LogP contribution in [0.2, 0.25) is 0 Å². The maximum absolute atomic E-state index is 13.7. The first kappa shape index (κ1) is 19.3. The van der Waals surface area contributed by atoms with Crippen molar-refractivity contribution in [3.05, 3.63) is 72.0 Å². The lowest BCUT2D eigenvalue weighted by atomic mass is 9.99. The fourth-order valence-electron chi connectivity index (χ4n) is 2.92. The fraction of sp³-hybridized carbons (Fsp3) is 0.200. The molecule has 0 saturated heterocycles. The van der Waals surface area contributed by atoms with E-state index in [9.17, 15) is 17.9 Å². The normalized spacial score (nSPS) is 12.9. The zero-order valence-corrected chi connectivity index (χ0v) is 15.5. The largest absolute Gasteiger partial charge is 0.494 e. The maximum Gasteiger partial charge on any atom is 0.240 e. The van der Waals surface area contributed by atoms with Crippen LogP contribution in [0.15, 0.2) is 65.6 Å². The van der Waals surface area contributed by atoms with E-state index in [4.69, 9.17) is 4.74 Å². The highest BCUT2D eigenvalue weighted by molar-refractivity contribution is 7.89. The third-order valence-electron chi connectivity index (χ3n) is 4.33. The molecule has 3 rings (SSSR count). The Balaban J connectivity index is 1.69. The Morgan fingerprint density at radius 3 is 2.59 bits per heavy atom. The molecule has 3 aromatic rings. The van der Waals surface area contributed by atoms with Gasteiger partial charge in [0, 0.05) is 6.54 Å².